The largest absolute Gasteiger partial charge is 0.299 e. The highest BCUT2D eigenvalue weighted by molar-refractivity contribution is 7.12. The molecule has 0 amide bonds. The summed E-state index contributed by atoms with van der Waals surface area (Å²) in [5.74, 6) is 0.295. The first-order valence-corrected chi connectivity index (χ1v) is 7.14. The predicted molar refractivity (Wildman–Crippen MR) is 77.3 cm³/mol. The van der Waals surface area contributed by atoms with Crippen LogP contribution in [0.4, 0.5) is 0 Å². The second kappa shape index (κ2) is 5.96. The molecule has 0 saturated heterocycles. The molecule has 2 aromatic rings. The topological polar surface area (TPSA) is 17.1 Å². The van der Waals surface area contributed by atoms with E-state index in [2.05, 4.69) is 38.1 Å². The van der Waals surface area contributed by atoms with Gasteiger partial charge in [-0.05, 0) is 31.0 Å². The Morgan fingerprint density at radius 1 is 1.00 bits per heavy atom. The molecule has 94 valence electrons. The third kappa shape index (κ3) is 3.54. The summed E-state index contributed by atoms with van der Waals surface area (Å²) in [4.78, 5) is 14.5. The smallest absolute Gasteiger partial charge is 0.142 e. The lowest BCUT2D eigenvalue weighted by atomic mass is 10.1. The van der Waals surface area contributed by atoms with E-state index in [9.17, 15) is 4.79 Å². The van der Waals surface area contributed by atoms with Crippen LogP contribution in [0.15, 0.2) is 36.4 Å². The van der Waals surface area contributed by atoms with Gasteiger partial charge in [0, 0.05) is 22.6 Å². The number of Topliss-reactive ketones (excluding diaryl/α,β-unsaturated/α-hetero) is 1. The summed E-state index contributed by atoms with van der Waals surface area (Å²) in [6.07, 6.45) is 2.16. The first-order chi connectivity index (χ1) is 8.67. The number of hydrogen-bond donors (Lipinski definition) is 0. The van der Waals surface area contributed by atoms with Crippen LogP contribution in [0.1, 0.15) is 27.8 Å². The monoisotopic (exact) mass is 258 g/mol. The Morgan fingerprint density at radius 3 is 2.28 bits per heavy atom. The first kappa shape index (κ1) is 13.0. The molecule has 0 aliphatic rings. The molecule has 0 spiro atoms. The van der Waals surface area contributed by atoms with Crippen LogP contribution in [0, 0.1) is 6.92 Å². The molecular formula is C16H18OS. The fraction of sp³-hybridized carbons (Fsp3) is 0.312. The van der Waals surface area contributed by atoms with Gasteiger partial charge >= 0.3 is 0 Å². The zero-order valence-electron chi connectivity index (χ0n) is 10.9. The van der Waals surface area contributed by atoms with E-state index in [1.165, 1.54) is 15.3 Å². The van der Waals surface area contributed by atoms with Crippen molar-refractivity contribution in [2.45, 2.75) is 33.1 Å². The molecule has 0 fully saturated rings. The van der Waals surface area contributed by atoms with Crippen molar-refractivity contribution < 1.29 is 4.79 Å². The molecule has 2 rings (SSSR count). The highest BCUT2D eigenvalue weighted by atomic mass is 32.1. The number of carbonyl (C=O) groups excluding carboxylic acids is 1. The van der Waals surface area contributed by atoms with E-state index >= 15 is 0 Å². The van der Waals surface area contributed by atoms with Gasteiger partial charge < -0.3 is 0 Å². The van der Waals surface area contributed by atoms with Crippen molar-refractivity contribution in [1.82, 2.24) is 0 Å². The maximum Gasteiger partial charge on any atom is 0.142 e. The molecule has 0 N–H and O–H groups in total. The molecular weight excluding hydrogens is 240 g/mol. The van der Waals surface area contributed by atoms with Crippen LogP contribution in [0.25, 0.3) is 0 Å². The summed E-state index contributed by atoms with van der Waals surface area (Å²) in [7, 11) is 0. The van der Waals surface area contributed by atoms with Crippen molar-refractivity contribution in [3.8, 4) is 0 Å². The van der Waals surface area contributed by atoms with E-state index in [0.29, 0.717) is 18.6 Å². The summed E-state index contributed by atoms with van der Waals surface area (Å²) in [6, 6.07) is 12.4. The van der Waals surface area contributed by atoms with Gasteiger partial charge in [0.05, 0.1) is 0 Å². The Balaban J connectivity index is 1.94. The minimum absolute atomic E-state index is 0.295. The maximum absolute atomic E-state index is 12.0. The van der Waals surface area contributed by atoms with E-state index in [0.717, 1.165) is 12.0 Å². The number of rotatable bonds is 5. The van der Waals surface area contributed by atoms with Crippen LogP contribution in [0.3, 0.4) is 0 Å². The number of carbonyl (C=O) groups is 1. The Morgan fingerprint density at radius 2 is 1.67 bits per heavy atom. The van der Waals surface area contributed by atoms with Gasteiger partial charge in [-0.3, -0.25) is 4.79 Å². The van der Waals surface area contributed by atoms with Gasteiger partial charge in [0.15, 0.2) is 0 Å². The molecule has 1 aromatic heterocycles. The van der Waals surface area contributed by atoms with Crippen molar-refractivity contribution >= 4 is 17.1 Å². The third-order valence-corrected chi connectivity index (χ3v) is 4.19. The third-order valence-electron chi connectivity index (χ3n) is 2.96. The van der Waals surface area contributed by atoms with Crippen molar-refractivity contribution in [2.75, 3.05) is 0 Å². The molecule has 1 heterocycles. The van der Waals surface area contributed by atoms with Crippen LogP contribution < -0.4 is 0 Å². The van der Waals surface area contributed by atoms with Gasteiger partial charge in [0.1, 0.15) is 5.78 Å². The molecule has 1 nitrogen and oxygen atoms in total. The zero-order valence-corrected chi connectivity index (χ0v) is 11.7. The highest BCUT2D eigenvalue weighted by Crippen LogP contribution is 2.18. The van der Waals surface area contributed by atoms with E-state index in [1.54, 1.807) is 11.3 Å². The average Bonchev–Trinajstić information content (AvgIpc) is 2.79. The van der Waals surface area contributed by atoms with E-state index in [1.807, 2.05) is 12.1 Å². The number of ketones is 1. The van der Waals surface area contributed by atoms with Crippen molar-refractivity contribution in [3.63, 3.8) is 0 Å². The van der Waals surface area contributed by atoms with Gasteiger partial charge in [-0.1, -0.05) is 36.8 Å². The van der Waals surface area contributed by atoms with E-state index in [4.69, 9.17) is 0 Å². The van der Waals surface area contributed by atoms with Crippen LogP contribution >= 0.6 is 11.3 Å². The Bertz CT molecular complexity index is 522. The molecule has 0 saturated carbocycles. The predicted octanol–water partition coefficient (Wildman–Crippen LogP) is 3.97. The Hall–Kier alpha value is -1.41. The quantitative estimate of drug-likeness (QED) is 0.793. The number of thiophene rings is 1. The maximum atomic E-state index is 12.0. The normalized spacial score (nSPS) is 10.6. The lowest BCUT2D eigenvalue weighted by molar-refractivity contribution is -0.117. The number of aryl methyl sites for hydroxylation is 2. The summed E-state index contributed by atoms with van der Waals surface area (Å²) < 4.78 is 0. The van der Waals surface area contributed by atoms with Crippen molar-refractivity contribution in [3.05, 3.63) is 57.3 Å². The molecule has 18 heavy (non-hydrogen) atoms. The second-order valence-electron chi connectivity index (χ2n) is 4.60. The Labute approximate surface area is 112 Å². The molecule has 0 atom stereocenters. The minimum Gasteiger partial charge on any atom is -0.299 e. The van der Waals surface area contributed by atoms with Gasteiger partial charge in [0.2, 0.25) is 0 Å². The summed E-state index contributed by atoms with van der Waals surface area (Å²) in [5, 5.41) is 0. The molecule has 0 bridgehead atoms. The highest BCUT2D eigenvalue weighted by Gasteiger charge is 2.07. The van der Waals surface area contributed by atoms with Crippen LogP contribution in [0.2, 0.25) is 0 Å². The SMILES string of the molecule is CCc1ccc(CC(=O)Cc2ccc(C)cc2)s1. The minimum atomic E-state index is 0.295. The lowest BCUT2D eigenvalue weighted by Crippen LogP contribution is -2.05. The number of hydrogen-bond acceptors (Lipinski definition) is 2. The van der Waals surface area contributed by atoms with Gasteiger partial charge in [-0.15, -0.1) is 11.3 Å². The van der Waals surface area contributed by atoms with Gasteiger partial charge in [-0.2, -0.15) is 0 Å². The van der Waals surface area contributed by atoms with Crippen LogP contribution in [-0.2, 0) is 24.1 Å². The molecule has 1 aromatic carbocycles. The van der Waals surface area contributed by atoms with Crippen molar-refractivity contribution in [1.29, 1.82) is 0 Å². The van der Waals surface area contributed by atoms with E-state index < -0.39 is 0 Å². The second-order valence-corrected chi connectivity index (χ2v) is 5.85. The van der Waals surface area contributed by atoms with E-state index in [-0.39, 0.29) is 0 Å². The number of benzene rings is 1. The zero-order chi connectivity index (χ0) is 13.0. The van der Waals surface area contributed by atoms with Crippen LogP contribution in [0.5, 0.6) is 0 Å². The molecule has 0 aliphatic carbocycles. The molecule has 0 radical (unpaired) electrons. The lowest BCUT2D eigenvalue weighted by Gasteiger charge is -2.01. The average molecular weight is 258 g/mol. The van der Waals surface area contributed by atoms with Gasteiger partial charge in [0.25, 0.3) is 0 Å². The fourth-order valence-corrected chi connectivity index (χ4v) is 2.88. The molecule has 0 aliphatic heterocycles. The fourth-order valence-electron chi connectivity index (χ4n) is 1.90. The molecule has 2 heteroatoms. The van der Waals surface area contributed by atoms with Crippen molar-refractivity contribution in [2.24, 2.45) is 0 Å². The summed E-state index contributed by atoms with van der Waals surface area (Å²) >= 11 is 1.75. The van der Waals surface area contributed by atoms with Crippen LogP contribution in [-0.4, -0.2) is 5.78 Å². The van der Waals surface area contributed by atoms with Gasteiger partial charge in [-0.25, -0.2) is 0 Å². The summed E-state index contributed by atoms with van der Waals surface area (Å²) in [5.41, 5.74) is 2.34. The first-order valence-electron chi connectivity index (χ1n) is 6.32. The standard InChI is InChI=1S/C16H18OS/c1-3-15-8-9-16(18-15)11-14(17)10-13-6-4-12(2)5-7-13/h4-9H,3,10-11H2,1-2H3. The Kier molecular flexibility index (Phi) is 4.32. The molecule has 0 unspecified atom stereocenters. The summed E-state index contributed by atoms with van der Waals surface area (Å²) in [6.45, 7) is 4.20.